The van der Waals surface area contributed by atoms with Crippen LogP contribution in [0, 0.1) is 0 Å². The summed E-state index contributed by atoms with van der Waals surface area (Å²) in [5.74, 6) is 0.310. The van der Waals surface area contributed by atoms with Crippen LogP contribution in [0.15, 0.2) is 12.4 Å². The van der Waals surface area contributed by atoms with E-state index in [1.807, 2.05) is 19.4 Å². The van der Waals surface area contributed by atoms with E-state index in [2.05, 4.69) is 15.3 Å². The van der Waals surface area contributed by atoms with E-state index in [0.717, 1.165) is 25.1 Å². The van der Waals surface area contributed by atoms with Crippen LogP contribution in [0.1, 0.15) is 37.7 Å². The van der Waals surface area contributed by atoms with Gasteiger partial charge >= 0.3 is 0 Å². The predicted octanol–water partition coefficient (Wildman–Crippen LogP) is 1.10. The Balaban J connectivity index is 1.52. The first kappa shape index (κ1) is 13.6. The molecular formula is C15H24N4O. The molecule has 5 nitrogen and oxygen atoms in total. The smallest absolute Gasteiger partial charge is 0.223 e. The lowest BCUT2D eigenvalue weighted by Gasteiger charge is -2.26. The molecule has 0 radical (unpaired) electrons. The van der Waals surface area contributed by atoms with Gasteiger partial charge in [0, 0.05) is 38.3 Å². The number of nitrogens with zero attached hydrogens (tertiary/aromatic N) is 3. The first-order valence-electron chi connectivity index (χ1n) is 7.73. The molecule has 2 aliphatic rings. The van der Waals surface area contributed by atoms with Crippen molar-refractivity contribution in [1.82, 2.24) is 20.0 Å². The normalized spacial score (nSPS) is 22.1. The van der Waals surface area contributed by atoms with E-state index in [9.17, 15) is 4.79 Å². The molecule has 5 heteroatoms. The van der Waals surface area contributed by atoms with E-state index < -0.39 is 0 Å². The van der Waals surface area contributed by atoms with Crippen LogP contribution in [0.2, 0.25) is 0 Å². The Kier molecular flexibility index (Phi) is 4.05. The zero-order valence-electron chi connectivity index (χ0n) is 12.2. The number of aromatic nitrogens is 2. The molecule has 20 heavy (non-hydrogen) atoms. The second-order valence-corrected chi connectivity index (χ2v) is 6.09. The van der Waals surface area contributed by atoms with Crippen molar-refractivity contribution in [3.05, 3.63) is 18.0 Å². The number of rotatable bonds is 6. The Morgan fingerprint density at radius 3 is 2.95 bits per heavy atom. The van der Waals surface area contributed by atoms with Crippen molar-refractivity contribution in [3.63, 3.8) is 0 Å². The molecule has 1 aromatic heterocycles. The monoisotopic (exact) mass is 276 g/mol. The number of nitrogens with one attached hydrogen (secondary N) is 1. The highest BCUT2D eigenvalue weighted by atomic mass is 16.2. The molecule has 0 unspecified atom stereocenters. The van der Waals surface area contributed by atoms with Crippen molar-refractivity contribution in [2.45, 2.75) is 50.6 Å². The Morgan fingerprint density at radius 1 is 1.50 bits per heavy atom. The van der Waals surface area contributed by atoms with Gasteiger partial charge in [-0.2, -0.15) is 5.10 Å². The van der Waals surface area contributed by atoms with Gasteiger partial charge in [0.1, 0.15) is 0 Å². The third-order valence-corrected chi connectivity index (χ3v) is 4.27. The molecule has 1 saturated heterocycles. The van der Waals surface area contributed by atoms with Crippen LogP contribution in [-0.2, 0) is 18.3 Å². The van der Waals surface area contributed by atoms with Crippen molar-refractivity contribution >= 4 is 5.91 Å². The zero-order chi connectivity index (χ0) is 13.9. The highest BCUT2D eigenvalue weighted by molar-refractivity contribution is 5.77. The van der Waals surface area contributed by atoms with Gasteiger partial charge in [0.05, 0.1) is 6.20 Å². The summed E-state index contributed by atoms with van der Waals surface area (Å²) < 4.78 is 1.79. The highest BCUT2D eigenvalue weighted by Crippen LogP contribution is 2.28. The van der Waals surface area contributed by atoms with E-state index >= 15 is 0 Å². The van der Waals surface area contributed by atoms with Gasteiger partial charge in [0.15, 0.2) is 0 Å². The summed E-state index contributed by atoms with van der Waals surface area (Å²) in [6.07, 6.45) is 10.1. The fourth-order valence-electron chi connectivity index (χ4n) is 2.99. The standard InChI is InChI=1S/C15H24N4O/c1-18-10-12(9-17-18)4-7-15(20)19(14-5-6-14)11-13-3-2-8-16-13/h9-10,13-14,16H,2-8,11H2,1H3/t13-/m0/s1. The fraction of sp³-hybridized carbons (Fsp3) is 0.733. The molecule has 1 atom stereocenters. The molecule has 1 aromatic rings. The van der Waals surface area contributed by atoms with Gasteiger partial charge in [-0.25, -0.2) is 0 Å². The topological polar surface area (TPSA) is 50.2 Å². The van der Waals surface area contributed by atoms with Gasteiger partial charge < -0.3 is 10.2 Å². The maximum Gasteiger partial charge on any atom is 0.223 e. The summed E-state index contributed by atoms with van der Waals surface area (Å²) in [4.78, 5) is 14.6. The van der Waals surface area contributed by atoms with Gasteiger partial charge in [-0.05, 0) is 44.2 Å². The maximum atomic E-state index is 12.5. The van der Waals surface area contributed by atoms with Crippen LogP contribution in [0.25, 0.3) is 0 Å². The summed E-state index contributed by atoms with van der Waals surface area (Å²) in [6.45, 7) is 2.00. The minimum Gasteiger partial charge on any atom is -0.338 e. The largest absolute Gasteiger partial charge is 0.338 e. The van der Waals surface area contributed by atoms with Crippen LogP contribution in [0.4, 0.5) is 0 Å². The summed E-state index contributed by atoms with van der Waals surface area (Å²) in [5.41, 5.74) is 1.15. The highest BCUT2D eigenvalue weighted by Gasteiger charge is 2.34. The predicted molar refractivity (Wildman–Crippen MR) is 77.3 cm³/mol. The minimum atomic E-state index is 0.310. The molecule has 1 aliphatic heterocycles. The summed E-state index contributed by atoms with van der Waals surface area (Å²) in [5, 5.41) is 7.65. The SMILES string of the molecule is Cn1cc(CCC(=O)N(C[C@@H]2CCCN2)C2CC2)cn1. The first-order valence-corrected chi connectivity index (χ1v) is 7.73. The number of carbonyl (C=O) groups excluding carboxylic acids is 1. The van der Waals surface area contributed by atoms with Gasteiger partial charge in [-0.15, -0.1) is 0 Å². The summed E-state index contributed by atoms with van der Waals surface area (Å²) in [6, 6.07) is 1.02. The zero-order valence-corrected chi connectivity index (χ0v) is 12.2. The maximum absolute atomic E-state index is 12.5. The van der Waals surface area contributed by atoms with Gasteiger partial charge in [0.25, 0.3) is 0 Å². The van der Waals surface area contributed by atoms with E-state index in [0.29, 0.717) is 24.4 Å². The van der Waals surface area contributed by atoms with E-state index in [1.165, 1.54) is 25.7 Å². The van der Waals surface area contributed by atoms with Crippen LogP contribution in [0.3, 0.4) is 0 Å². The number of amides is 1. The molecular weight excluding hydrogens is 252 g/mol. The van der Waals surface area contributed by atoms with Crippen molar-refractivity contribution in [3.8, 4) is 0 Å². The third kappa shape index (κ3) is 3.39. The molecule has 1 saturated carbocycles. The lowest BCUT2D eigenvalue weighted by Crippen LogP contribution is -2.42. The average molecular weight is 276 g/mol. The van der Waals surface area contributed by atoms with Crippen LogP contribution in [0.5, 0.6) is 0 Å². The Labute approximate surface area is 120 Å². The lowest BCUT2D eigenvalue weighted by atomic mass is 10.1. The Morgan fingerprint density at radius 2 is 2.35 bits per heavy atom. The summed E-state index contributed by atoms with van der Waals surface area (Å²) in [7, 11) is 1.91. The second-order valence-electron chi connectivity index (χ2n) is 6.09. The van der Waals surface area contributed by atoms with Gasteiger partial charge in [0.2, 0.25) is 5.91 Å². The van der Waals surface area contributed by atoms with Gasteiger partial charge in [-0.1, -0.05) is 0 Å². The van der Waals surface area contributed by atoms with Crippen LogP contribution in [-0.4, -0.2) is 45.8 Å². The lowest BCUT2D eigenvalue weighted by molar-refractivity contribution is -0.132. The van der Waals surface area contributed by atoms with E-state index in [1.54, 1.807) is 4.68 Å². The molecule has 1 amide bonds. The van der Waals surface area contributed by atoms with Crippen molar-refractivity contribution < 1.29 is 4.79 Å². The van der Waals surface area contributed by atoms with Crippen molar-refractivity contribution in [2.75, 3.05) is 13.1 Å². The number of carbonyl (C=O) groups is 1. The number of hydrogen-bond donors (Lipinski definition) is 1. The molecule has 3 rings (SSSR count). The summed E-state index contributed by atoms with van der Waals surface area (Å²) >= 11 is 0. The molecule has 0 aromatic carbocycles. The van der Waals surface area contributed by atoms with Crippen molar-refractivity contribution in [2.24, 2.45) is 7.05 Å². The average Bonchev–Trinajstić information content (AvgIpc) is 2.97. The Hall–Kier alpha value is -1.36. The van der Waals surface area contributed by atoms with E-state index in [4.69, 9.17) is 0 Å². The van der Waals surface area contributed by atoms with Crippen LogP contribution < -0.4 is 5.32 Å². The Bertz CT molecular complexity index is 460. The van der Waals surface area contributed by atoms with Crippen molar-refractivity contribution in [1.29, 1.82) is 0 Å². The molecule has 1 aliphatic carbocycles. The molecule has 110 valence electrons. The first-order chi connectivity index (χ1) is 9.72. The van der Waals surface area contributed by atoms with E-state index in [-0.39, 0.29) is 0 Å². The molecule has 2 heterocycles. The molecule has 0 bridgehead atoms. The quantitative estimate of drug-likeness (QED) is 0.846. The number of hydrogen-bond acceptors (Lipinski definition) is 3. The molecule has 2 fully saturated rings. The number of aryl methyl sites for hydroxylation is 2. The fourth-order valence-corrected chi connectivity index (χ4v) is 2.99. The van der Waals surface area contributed by atoms with Gasteiger partial charge in [-0.3, -0.25) is 9.48 Å². The molecule has 1 N–H and O–H groups in total. The third-order valence-electron chi connectivity index (χ3n) is 4.27. The molecule has 0 spiro atoms. The minimum absolute atomic E-state index is 0.310. The van der Waals surface area contributed by atoms with Crippen LogP contribution >= 0.6 is 0 Å². The second kappa shape index (κ2) is 5.95.